The Labute approximate surface area is 113 Å². The third kappa shape index (κ3) is 2.37. The first-order valence-electron chi connectivity index (χ1n) is 5.86. The molecule has 0 radical (unpaired) electrons. The molecule has 1 heterocycles. The van der Waals surface area contributed by atoms with Crippen LogP contribution in [0.2, 0.25) is 0 Å². The van der Waals surface area contributed by atoms with Crippen LogP contribution in [0.4, 0.5) is 0 Å². The van der Waals surface area contributed by atoms with Crippen molar-refractivity contribution in [2.75, 3.05) is 6.61 Å². The molecular formula is C12H14N2O6. The van der Waals surface area contributed by atoms with Gasteiger partial charge in [0.05, 0.1) is 11.0 Å². The minimum atomic E-state index is -1.81. The Kier molecular flexibility index (Phi) is 4.00. The minimum Gasteiger partial charge on any atom is -0.805 e. The summed E-state index contributed by atoms with van der Waals surface area (Å²) in [6.07, 6.45) is -4.40. The van der Waals surface area contributed by atoms with E-state index in [9.17, 15) is 25.4 Å². The number of fused-ring (bicyclic) bond motifs is 1. The number of nitrogens with zero attached hydrogens (tertiary/aromatic N) is 2. The average Bonchev–Trinajstić information content (AvgIpc) is 2.48. The van der Waals surface area contributed by atoms with E-state index in [0.29, 0.717) is 9.16 Å². The van der Waals surface area contributed by atoms with Gasteiger partial charge in [-0.25, -0.2) is 0 Å². The van der Waals surface area contributed by atoms with E-state index < -0.39 is 30.6 Å². The van der Waals surface area contributed by atoms with Crippen LogP contribution in [0.3, 0.4) is 0 Å². The van der Waals surface area contributed by atoms with E-state index in [1.165, 1.54) is 12.1 Å². The molecule has 0 saturated carbocycles. The zero-order valence-electron chi connectivity index (χ0n) is 10.3. The van der Waals surface area contributed by atoms with Gasteiger partial charge in [-0.15, -0.1) is 0 Å². The van der Waals surface area contributed by atoms with Crippen LogP contribution in [0.1, 0.15) is 11.8 Å². The molecular weight excluding hydrogens is 268 g/mol. The Morgan fingerprint density at radius 1 is 1.25 bits per heavy atom. The highest BCUT2D eigenvalue weighted by Gasteiger charge is 2.29. The maximum Gasteiger partial charge on any atom is 0.285 e. The molecule has 0 aliphatic heterocycles. The molecule has 1 aromatic heterocycles. The summed E-state index contributed by atoms with van der Waals surface area (Å²) in [5.41, 5.74) is -0.293. The Bertz CT molecular complexity index is 671. The number of rotatable bonds is 4. The normalized spacial score (nSPS) is 16.0. The molecule has 0 spiro atoms. The van der Waals surface area contributed by atoms with Crippen LogP contribution in [-0.4, -0.2) is 44.0 Å². The van der Waals surface area contributed by atoms with Crippen LogP contribution in [-0.2, 0) is 0 Å². The van der Waals surface area contributed by atoms with Gasteiger partial charge in [-0.3, -0.25) is 0 Å². The predicted molar refractivity (Wildman–Crippen MR) is 68.1 cm³/mol. The molecule has 2 aromatic rings. The Morgan fingerprint density at radius 2 is 1.90 bits per heavy atom. The number of aromatic nitrogens is 2. The molecule has 0 amide bonds. The van der Waals surface area contributed by atoms with Crippen LogP contribution < -0.4 is 4.43 Å². The summed E-state index contributed by atoms with van der Waals surface area (Å²) in [6.45, 7) is -0.790. The lowest BCUT2D eigenvalue weighted by Crippen LogP contribution is -2.36. The van der Waals surface area contributed by atoms with E-state index in [1.54, 1.807) is 12.1 Å². The number of para-hydroxylation sites is 2. The zero-order valence-corrected chi connectivity index (χ0v) is 10.3. The van der Waals surface area contributed by atoms with E-state index in [-0.39, 0.29) is 11.0 Å². The van der Waals surface area contributed by atoms with Gasteiger partial charge in [-0.05, 0) is 6.07 Å². The van der Waals surface area contributed by atoms with Gasteiger partial charge in [0.15, 0.2) is 0 Å². The smallest absolute Gasteiger partial charge is 0.285 e. The predicted octanol–water partition coefficient (Wildman–Crippen LogP) is -1.35. The van der Waals surface area contributed by atoms with E-state index in [1.807, 2.05) is 0 Å². The van der Waals surface area contributed by atoms with Crippen molar-refractivity contribution < 1.29 is 24.9 Å². The Balaban J connectivity index is 2.55. The highest BCUT2D eigenvalue weighted by atomic mass is 16.5. The van der Waals surface area contributed by atoms with Crippen molar-refractivity contribution in [2.45, 2.75) is 18.3 Å². The first-order chi connectivity index (χ1) is 9.47. The van der Waals surface area contributed by atoms with Crippen molar-refractivity contribution in [2.24, 2.45) is 0 Å². The Hall–Kier alpha value is -2.00. The number of aliphatic hydroxyl groups is 4. The van der Waals surface area contributed by atoms with Gasteiger partial charge in [0.2, 0.25) is 6.20 Å². The molecule has 8 heteroatoms. The van der Waals surface area contributed by atoms with Gasteiger partial charge in [-0.2, -0.15) is 0 Å². The highest BCUT2D eigenvalue weighted by Crippen LogP contribution is 2.20. The molecule has 0 unspecified atom stereocenters. The minimum absolute atomic E-state index is 0.0183. The molecule has 0 aliphatic carbocycles. The van der Waals surface area contributed by atoms with Gasteiger partial charge >= 0.3 is 0 Å². The second kappa shape index (κ2) is 5.55. The SMILES string of the molecule is O=[n+]1cc([C@H](O)[C@H](O)[C@H](O)CO)n([O-])c2ccccc21. The number of benzene rings is 1. The molecule has 0 bridgehead atoms. The summed E-state index contributed by atoms with van der Waals surface area (Å²) in [7, 11) is 0. The van der Waals surface area contributed by atoms with Crippen LogP contribution in [0.5, 0.6) is 0 Å². The van der Waals surface area contributed by atoms with Gasteiger partial charge in [0.25, 0.3) is 5.52 Å². The molecule has 3 atom stereocenters. The summed E-state index contributed by atoms with van der Waals surface area (Å²) >= 11 is 0. The topological polar surface area (TPSA) is 132 Å². The summed E-state index contributed by atoms with van der Waals surface area (Å²) in [6, 6.07) is 5.96. The van der Waals surface area contributed by atoms with Crippen LogP contribution in [0.25, 0.3) is 11.0 Å². The number of hydrogen-bond donors (Lipinski definition) is 4. The third-order valence-electron chi connectivity index (χ3n) is 3.03. The van der Waals surface area contributed by atoms with Gasteiger partial charge in [-0.1, -0.05) is 12.1 Å². The van der Waals surface area contributed by atoms with Crippen molar-refractivity contribution in [3.63, 3.8) is 0 Å². The molecule has 0 fully saturated rings. The molecule has 4 N–H and O–H groups in total. The average molecular weight is 282 g/mol. The number of hydrogen-bond acceptors (Lipinski definition) is 6. The monoisotopic (exact) mass is 282 g/mol. The lowest BCUT2D eigenvalue weighted by Gasteiger charge is -2.25. The first kappa shape index (κ1) is 14.4. The van der Waals surface area contributed by atoms with Gasteiger partial charge in [0, 0.05) is 11.0 Å². The zero-order chi connectivity index (χ0) is 14.9. The van der Waals surface area contributed by atoms with Crippen molar-refractivity contribution in [1.29, 1.82) is 0 Å². The van der Waals surface area contributed by atoms with Crippen molar-refractivity contribution >= 4 is 11.0 Å². The maximum atomic E-state index is 12.1. The van der Waals surface area contributed by atoms with E-state index in [4.69, 9.17) is 5.11 Å². The molecule has 8 nitrogen and oxygen atoms in total. The first-order valence-corrected chi connectivity index (χ1v) is 5.86. The maximum absolute atomic E-state index is 12.1. The van der Waals surface area contributed by atoms with Crippen molar-refractivity contribution in [3.05, 3.63) is 46.3 Å². The van der Waals surface area contributed by atoms with Crippen LogP contribution >= 0.6 is 0 Å². The molecule has 2 rings (SSSR count). The molecule has 0 saturated heterocycles. The molecule has 20 heavy (non-hydrogen) atoms. The standard InChI is InChI=1S/C12H14N2O6/c15-6-10(16)12(18)11(17)9-5-13(19)7-3-1-2-4-8(7)14(9)20/h1-5,10-12,15-18H,6H2/t10-,11+,12-/m1/s1. The van der Waals surface area contributed by atoms with E-state index >= 15 is 0 Å². The van der Waals surface area contributed by atoms with E-state index in [2.05, 4.69) is 0 Å². The Morgan fingerprint density at radius 3 is 2.55 bits per heavy atom. The lowest BCUT2D eigenvalue weighted by atomic mass is 10.1. The van der Waals surface area contributed by atoms with Crippen molar-refractivity contribution in [1.82, 2.24) is 4.73 Å². The summed E-state index contributed by atoms with van der Waals surface area (Å²) in [5, 5.41) is 49.6. The van der Waals surface area contributed by atoms with Gasteiger partial charge < -0.3 is 30.4 Å². The molecule has 0 aliphatic rings. The fourth-order valence-corrected chi connectivity index (χ4v) is 1.89. The highest BCUT2D eigenvalue weighted by molar-refractivity contribution is 5.71. The van der Waals surface area contributed by atoms with Crippen LogP contribution in [0.15, 0.2) is 30.5 Å². The van der Waals surface area contributed by atoms with Crippen molar-refractivity contribution in [3.8, 4) is 0 Å². The quantitative estimate of drug-likeness (QED) is 0.513. The van der Waals surface area contributed by atoms with Gasteiger partial charge in [0.1, 0.15) is 29.5 Å². The second-order valence-corrected chi connectivity index (χ2v) is 4.35. The summed E-state index contributed by atoms with van der Waals surface area (Å²) < 4.78 is 0.696. The number of aliphatic hydroxyl groups excluding tert-OH is 4. The van der Waals surface area contributed by atoms with E-state index in [0.717, 1.165) is 6.20 Å². The summed E-state index contributed by atoms with van der Waals surface area (Å²) in [4.78, 5) is 11.8. The summed E-state index contributed by atoms with van der Waals surface area (Å²) in [5.74, 6) is 0. The fraction of sp³-hybridized carbons (Fsp3) is 0.333. The van der Waals surface area contributed by atoms with Crippen LogP contribution in [0, 0.1) is 10.1 Å². The largest absolute Gasteiger partial charge is 0.805 e. The lowest BCUT2D eigenvalue weighted by molar-refractivity contribution is -0.465. The second-order valence-electron chi connectivity index (χ2n) is 4.35. The molecule has 108 valence electrons. The third-order valence-corrected chi connectivity index (χ3v) is 3.03. The molecule has 1 aromatic carbocycles. The fourth-order valence-electron chi connectivity index (χ4n) is 1.89.